The van der Waals surface area contributed by atoms with Crippen molar-refractivity contribution < 1.29 is 5.11 Å². The Morgan fingerprint density at radius 1 is 1.30 bits per heavy atom. The smallest absolute Gasteiger partial charge is 0.0446 e. The number of hydrogen-bond acceptors (Lipinski definition) is 4. The number of thiophene rings is 1. The fourth-order valence-corrected chi connectivity index (χ4v) is 3.76. The van der Waals surface area contributed by atoms with Crippen LogP contribution in [0, 0.1) is 0 Å². The van der Waals surface area contributed by atoms with Crippen molar-refractivity contribution >= 4 is 21.4 Å². The lowest BCUT2D eigenvalue weighted by Gasteiger charge is -2.39. The molecule has 1 aromatic carbocycles. The summed E-state index contributed by atoms with van der Waals surface area (Å²) in [7, 11) is 2.16. The van der Waals surface area contributed by atoms with Gasteiger partial charge in [-0.2, -0.15) is 0 Å². The lowest BCUT2D eigenvalue weighted by atomic mass is 10.1. The Morgan fingerprint density at radius 2 is 2.20 bits per heavy atom. The molecule has 3 nitrogen and oxygen atoms in total. The van der Waals surface area contributed by atoms with Crippen molar-refractivity contribution in [3.8, 4) is 0 Å². The summed E-state index contributed by atoms with van der Waals surface area (Å²) in [5.74, 6) is 0. The zero-order chi connectivity index (χ0) is 13.9. The Kier molecular flexibility index (Phi) is 4.36. The van der Waals surface area contributed by atoms with Crippen LogP contribution in [0.3, 0.4) is 0 Å². The molecule has 20 heavy (non-hydrogen) atoms. The van der Waals surface area contributed by atoms with Crippen molar-refractivity contribution in [2.45, 2.75) is 19.0 Å². The van der Waals surface area contributed by atoms with Crippen molar-refractivity contribution in [2.24, 2.45) is 0 Å². The van der Waals surface area contributed by atoms with Gasteiger partial charge in [0.15, 0.2) is 0 Å². The zero-order valence-electron chi connectivity index (χ0n) is 12.0. The molecule has 1 N–H and O–H groups in total. The number of rotatable bonds is 4. The van der Waals surface area contributed by atoms with Gasteiger partial charge in [-0.15, -0.1) is 11.3 Å². The van der Waals surface area contributed by atoms with Crippen LogP contribution in [0.25, 0.3) is 10.1 Å². The van der Waals surface area contributed by atoms with E-state index in [2.05, 4.69) is 46.5 Å². The number of likely N-dealkylation sites (N-methyl/N-ethyl adjacent to an activating group) is 1. The molecule has 1 atom stereocenters. The predicted octanol–water partition coefficient (Wildman–Crippen LogP) is 2.40. The molecule has 3 rings (SSSR count). The molecule has 108 valence electrons. The lowest BCUT2D eigenvalue weighted by molar-refractivity contribution is 0.0743. The van der Waals surface area contributed by atoms with E-state index in [9.17, 15) is 0 Å². The summed E-state index contributed by atoms with van der Waals surface area (Å²) < 4.78 is 1.37. The molecule has 2 heterocycles. The van der Waals surface area contributed by atoms with Gasteiger partial charge < -0.3 is 10.0 Å². The minimum absolute atomic E-state index is 0.281. The van der Waals surface area contributed by atoms with Crippen LogP contribution >= 0.6 is 11.3 Å². The molecule has 4 heteroatoms. The highest BCUT2D eigenvalue weighted by Crippen LogP contribution is 2.23. The fourth-order valence-electron chi connectivity index (χ4n) is 2.99. The van der Waals surface area contributed by atoms with Crippen LogP contribution in [0.2, 0.25) is 0 Å². The molecule has 1 aliphatic heterocycles. The second-order valence-corrected chi connectivity index (χ2v) is 6.62. The van der Waals surface area contributed by atoms with Gasteiger partial charge in [0.1, 0.15) is 0 Å². The van der Waals surface area contributed by atoms with Crippen molar-refractivity contribution in [2.75, 3.05) is 33.3 Å². The number of nitrogens with zero attached hydrogens (tertiary/aromatic N) is 2. The third-order valence-electron chi connectivity index (χ3n) is 4.25. The number of aliphatic hydroxyl groups is 1. The highest BCUT2D eigenvalue weighted by atomic mass is 32.1. The summed E-state index contributed by atoms with van der Waals surface area (Å²) in [6.45, 7) is 4.55. The first-order valence-electron chi connectivity index (χ1n) is 7.26. The molecule has 0 radical (unpaired) electrons. The van der Waals surface area contributed by atoms with E-state index in [4.69, 9.17) is 5.11 Å². The van der Waals surface area contributed by atoms with E-state index in [0.717, 1.165) is 32.6 Å². The lowest BCUT2D eigenvalue weighted by Crippen LogP contribution is -2.51. The summed E-state index contributed by atoms with van der Waals surface area (Å²) in [4.78, 5) is 4.88. The highest BCUT2D eigenvalue weighted by molar-refractivity contribution is 7.17. The van der Waals surface area contributed by atoms with Gasteiger partial charge in [0.25, 0.3) is 0 Å². The first kappa shape index (κ1) is 14.0. The van der Waals surface area contributed by atoms with Gasteiger partial charge in [0.05, 0.1) is 0 Å². The maximum absolute atomic E-state index is 9.16. The SMILES string of the molecule is CN1CCN(Cc2ccc3sccc3c2)C[C@H]1CCO. The van der Waals surface area contributed by atoms with Gasteiger partial charge in [-0.3, -0.25) is 4.90 Å². The second-order valence-electron chi connectivity index (χ2n) is 5.67. The first-order chi connectivity index (χ1) is 9.76. The molecule has 1 saturated heterocycles. The molecule has 1 aromatic heterocycles. The van der Waals surface area contributed by atoms with Crippen LogP contribution < -0.4 is 0 Å². The van der Waals surface area contributed by atoms with E-state index >= 15 is 0 Å². The van der Waals surface area contributed by atoms with E-state index in [1.54, 1.807) is 11.3 Å². The number of hydrogen-bond donors (Lipinski definition) is 1. The Morgan fingerprint density at radius 3 is 3.05 bits per heavy atom. The molecule has 0 saturated carbocycles. The normalized spacial score (nSPS) is 21.6. The quantitative estimate of drug-likeness (QED) is 0.936. The van der Waals surface area contributed by atoms with Crippen LogP contribution in [-0.2, 0) is 6.54 Å². The number of benzene rings is 1. The van der Waals surface area contributed by atoms with Crippen LogP contribution in [0.4, 0.5) is 0 Å². The summed E-state index contributed by atoms with van der Waals surface area (Å²) in [5.41, 5.74) is 1.39. The standard InChI is InChI=1S/C16H22N2OS/c1-17-6-7-18(12-15(17)4-8-19)11-13-2-3-16-14(10-13)5-9-20-16/h2-3,5,9-10,15,19H,4,6-8,11-12H2,1H3/t15-/m1/s1. The average Bonchev–Trinajstić information content (AvgIpc) is 2.90. The fraction of sp³-hybridized carbons (Fsp3) is 0.500. The zero-order valence-corrected chi connectivity index (χ0v) is 12.8. The van der Waals surface area contributed by atoms with Crippen molar-refractivity contribution in [1.82, 2.24) is 9.80 Å². The molecular weight excluding hydrogens is 268 g/mol. The van der Waals surface area contributed by atoms with Gasteiger partial charge in [0, 0.05) is 43.5 Å². The second kappa shape index (κ2) is 6.22. The molecule has 0 aliphatic carbocycles. The van der Waals surface area contributed by atoms with Crippen LogP contribution in [-0.4, -0.2) is 54.2 Å². The van der Waals surface area contributed by atoms with E-state index in [1.807, 2.05) is 0 Å². The van der Waals surface area contributed by atoms with Gasteiger partial charge in [-0.05, 0) is 48.0 Å². The Bertz CT molecular complexity index is 568. The van der Waals surface area contributed by atoms with E-state index < -0.39 is 0 Å². The van der Waals surface area contributed by atoms with Crippen molar-refractivity contribution in [3.63, 3.8) is 0 Å². The average molecular weight is 290 g/mol. The number of aliphatic hydroxyl groups excluding tert-OH is 1. The minimum atomic E-state index is 0.281. The minimum Gasteiger partial charge on any atom is -0.396 e. The number of piperazine rings is 1. The van der Waals surface area contributed by atoms with E-state index in [-0.39, 0.29) is 6.61 Å². The maximum atomic E-state index is 9.16. The highest BCUT2D eigenvalue weighted by Gasteiger charge is 2.23. The molecule has 0 amide bonds. The first-order valence-corrected chi connectivity index (χ1v) is 8.14. The summed E-state index contributed by atoms with van der Waals surface area (Å²) in [6.07, 6.45) is 0.872. The third-order valence-corrected chi connectivity index (χ3v) is 5.14. The predicted molar refractivity (Wildman–Crippen MR) is 85.2 cm³/mol. The number of fused-ring (bicyclic) bond motifs is 1. The topological polar surface area (TPSA) is 26.7 Å². The third kappa shape index (κ3) is 3.04. The van der Waals surface area contributed by atoms with Gasteiger partial charge in [0.2, 0.25) is 0 Å². The van der Waals surface area contributed by atoms with Gasteiger partial charge in [-0.1, -0.05) is 6.07 Å². The molecule has 0 bridgehead atoms. The van der Waals surface area contributed by atoms with E-state index in [1.165, 1.54) is 15.6 Å². The van der Waals surface area contributed by atoms with Crippen LogP contribution in [0.5, 0.6) is 0 Å². The largest absolute Gasteiger partial charge is 0.396 e. The molecule has 0 unspecified atom stereocenters. The van der Waals surface area contributed by atoms with Gasteiger partial charge >= 0.3 is 0 Å². The summed E-state index contributed by atoms with van der Waals surface area (Å²) >= 11 is 1.80. The molecule has 0 spiro atoms. The Balaban J connectivity index is 1.67. The molecule has 1 fully saturated rings. The molecule has 2 aromatic rings. The Labute approximate surface area is 124 Å². The van der Waals surface area contributed by atoms with Crippen molar-refractivity contribution in [3.05, 3.63) is 35.2 Å². The van der Waals surface area contributed by atoms with Crippen molar-refractivity contribution in [1.29, 1.82) is 0 Å². The van der Waals surface area contributed by atoms with E-state index in [0.29, 0.717) is 6.04 Å². The summed E-state index contributed by atoms with van der Waals surface area (Å²) in [6, 6.07) is 9.47. The Hall–Kier alpha value is -0.940. The molecule has 1 aliphatic rings. The van der Waals surface area contributed by atoms with Crippen LogP contribution in [0.1, 0.15) is 12.0 Å². The summed E-state index contributed by atoms with van der Waals surface area (Å²) in [5, 5.41) is 12.7. The molecular formula is C16H22N2OS. The monoisotopic (exact) mass is 290 g/mol. The van der Waals surface area contributed by atoms with Crippen LogP contribution in [0.15, 0.2) is 29.6 Å². The van der Waals surface area contributed by atoms with Gasteiger partial charge in [-0.25, -0.2) is 0 Å². The maximum Gasteiger partial charge on any atom is 0.0446 e.